The molecule has 1 aromatic heterocycles. The van der Waals surface area contributed by atoms with Crippen LogP contribution in [0.3, 0.4) is 0 Å². The lowest BCUT2D eigenvalue weighted by molar-refractivity contribution is -0.113. The molecule has 6 heteroatoms. The number of aromatic nitrogens is 1. The Bertz CT molecular complexity index is 891. The lowest BCUT2D eigenvalue weighted by Crippen LogP contribution is -2.13. The van der Waals surface area contributed by atoms with Gasteiger partial charge >= 0.3 is 0 Å². The zero-order valence-corrected chi connectivity index (χ0v) is 16.3. The number of carbonyl (C=O) groups excluding carboxylic acids is 1. The van der Waals surface area contributed by atoms with Crippen LogP contribution in [0.15, 0.2) is 52.2 Å². The Morgan fingerprint density at radius 3 is 2.68 bits per heavy atom. The van der Waals surface area contributed by atoms with Gasteiger partial charge < -0.3 is 5.32 Å². The van der Waals surface area contributed by atoms with Crippen LogP contribution < -0.4 is 5.32 Å². The van der Waals surface area contributed by atoms with Crippen LogP contribution in [-0.4, -0.2) is 16.6 Å². The molecule has 0 saturated carbocycles. The number of halogens is 1. The highest BCUT2D eigenvalue weighted by Gasteiger charge is 2.09. The summed E-state index contributed by atoms with van der Waals surface area (Å²) >= 11 is 9.06. The quantitative estimate of drug-likeness (QED) is 0.560. The maximum Gasteiger partial charge on any atom is 0.234 e. The summed E-state index contributed by atoms with van der Waals surface area (Å²) in [7, 11) is 0. The van der Waals surface area contributed by atoms with Gasteiger partial charge in [0, 0.05) is 21.7 Å². The second-order valence-corrected chi connectivity index (χ2v) is 8.15. The van der Waals surface area contributed by atoms with Crippen molar-refractivity contribution >= 4 is 46.3 Å². The van der Waals surface area contributed by atoms with E-state index in [0.29, 0.717) is 16.5 Å². The van der Waals surface area contributed by atoms with Gasteiger partial charge in [-0.1, -0.05) is 59.3 Å². The van der Waals surface area contributed by atoms with Gasteiger partial charge in [-0.2, -0.15) is 0 Å². The molecule has 0 saturated heterocycles. The normalized spacial score (nSPS) is 10.7. The Balaban J connectivity index is 1.57. The fourth-order valence-electron chi connectivity index (χ4n) is 2.18. The minimum absolute atomic E-state index is 0.0722. The summed E-state index contributed by atoms with van der Waals surface area (Å²) in [5.74, 6) is 0.240. The van der Waals surface area contributed by atoms with Crippen molar-refractivity contribution < 1.29 is 4.79 Å². The minimum Gasteiger partial charge on any atom is -0.325 e. The Morgan fingerprint density at radius 2 is 1.96 bits per heavy atom. The number of rotatable bonds is 5. The van der Waals surface area contributed by atoms with Crippen LogP contribution in [0.5, 0.6) is 0 Å². The van der Waals surface area contributed by atoms with E-state index in [1.807, 2.05) is 24.4 Å². The summed E-state index contributed by atoms with van der Waals surface area (Å²) in [6.45, 7) is 3.99. The van der Waals surface area contributed by atoms with Crippen molar-refractivity contribution in [3.05, 3.63) is 64.0 Å². The van der Waals surface area contributed by atoms with Gasteiger partial charge in [0.1, 0.15) is 0 Å². The predicted octanol–water partition coefficient (Wildman–Crippen LogP) is 5.81. The van der Waals surface area contributed by atoms with Crippen molar-refractivity contribution in [2.24, 2.45) is 0 Å². The van der Waals surface area contributed by atoms with Crippen molar-refractivity contribution in [1.82, 2.24) is 4.98 Å². The maximum atomic E-state index is 12.1. The minimum atomic E-state index is -0.0722. The zero-order chi connectivity index (χ0) is 17.8. The summed E-state index contributed by atoms with van der Waals surface area (Å²) in [6, 6.07) is 13.8. The maximum absolute atomic E-state index is 12.1. The number of nitrogens with zero attached hydrogens (tertiary/aromatic N) is 1. The molecule has 0 aliphatic rings. The van der Waals surface area contributed by atoms with Gasteiger partial charge in [-0.25, -0.2) is 4.98 Å². The third-order valence-electron chi connectivity index (χ3n) is 3.61. The molecule has 3 rings (SSSR count). The molecular formula is C19H17ClN2OS2. The van der Waals surface area contributed by atoms with Gasteiger partial charge in [-0.15, -0.1) is 11.3 Å². The standard InChI is InChI=1S/C19H17ClN2OS2/c1-12-3-6-14(7-4-12)17-10-24-19(22-17)25-11-18(23)21-15-8-5-13(2)16(20)9-15/h3-10H,11H2,1-2H3,(H,21,23). The van der Waals surface area contributed by atoms with Crippen molar-refractivity contribution in [3.8, 4) is 11.3 Å². The first-order chi connectivity index (χ1) is 12.0. The van der Waals surface area contributed by atoms with E-state index in [4.69, 9.17) is 11.6 Å². The van der Waals surface area contributed by atoms with E-state index in [0.717, 1.165) is 21.2 Å². The molecular weight excluding hydrogens is 372 g/mol. The second kappa shape index (κ2) is 8.04. The zero-order valence-electron chi connectivity index (χ0n) is 13.9. The van der Waals surface area contributed by atoms with Gasteiger partial charge in [0.2, 0.25) is 5.91 Å². The lowest BCUT2D eigenvalue weighted by atomic mass is 10.1. The first-order valence-electron chi connectivity index (χ1n) is 7.72. The molecule has 3 nitrogen and oxygen atoms in total. The summed E-state index contributed by atoms with van der Waals surface area (Å²) in [5, 5.41) is 5.52. The van der Waals surface area contributed by atoms with Crippen LogP contribution >= 0.6 is 34.7 Å². The Hall–Kier alpha value is -1.82. The number of nitrogens with one attached hydrogen (secondary N) is 1. The molecule has 2 aromatic carbocycles. The fraction of sp³-hybridized carbons (Fsp3) is 0.158. The molecule has 0 unspecified atom stereocenters. The van der Waals surface area contributed by atoms with Crippen molar-refractivity contribution in [1.29, 1.82) is 0 Å². The van der Waals surface area contributed by atoms with Crippen LogP contribution in [0.25, 0.3) is 11.3 Å². The molecule has 128 valence electrons. The van der Waals surface area contributed by atoms with Crippen LogP contribution in [0, 0.1) is 13.8 Å². The molecule has 1 heterocycles. The number of thiazole rings is 1. The molecule has 0 spiro atoms. The van der Waals surface area contributed by atoms with Crippen LogP contribution in [0.2, 0.25) is 5.02 Å². The van der Waals surface area contributed by atoms with Gasteiger partial charge in [-0.3, -0.25) is 4.79 Å². The van der Waals surface area contributed by atoms with Crippen molar-refractivity contribution in [3.63, 3.8) is 0 Å². The van der Waals surface area contributed by atoms with E-state index in [-0.39, 0.29) is 5.91 Å². The molecule has 0 bridgehead atoms. The summed E-state index contributed by atoms with van der Waals surface area (Å²) < 4.78 is 0.882. The molecule has 1 N–H and O–H groups in total. The molecule has 0 atom stereocenters. The fourth-order valence-corrected chi connectivity index (χ4v) is 3.99. The van der Waals surface area contributed by atoms with Gasteiger partial charge in [-0.05, 0) is 31.5 Å². The average molecular weight is 389 g/mol. The van der Waals surface area contributed by atoms with E-state index in [1.165, 1.54) is 17.3 Å². The average Bonchev–Trinajstić information content (AvgIpc) is 3.06. The van der Waals surface area contributed by atoms with E-state index < -0.39 is 0 Å². The van der Waals surface area contributed by atoms with E-state index in [1.54, 1.807) is 17.4 Å². The highest BCUT2D eigenvalue weighted by atomic mass is 35.5. The largest absolute Gasteiger partial charge is 0.325 e. The topological polar surface area (TPSA) is 42.0 Å². The van der Waals surface area contributed by atoms with Crippen molar-refractivity contribution in [2.45, 2.75) is 18.2 Å². The van der Waals surface area contributed by atoms with Gasteiger partial charge in [0.05, 0.1) is 11.4 Å². The molecule has 0 aliphatic carbocycles. The number of amides is 1. The number of carbonyl (C=O) groups is 1. The van der Waals surface area contributed by atoms with Gasteiger partial charge in [0.25, 0.3) is 0 Å². The molecule has 0 radical (unpaired) electrons. The number of hydrogen-bond acceptors (Lipinski definition) is 4. The third kappa shape index (κ3) is 4.84. The smallest absolute Gasteiger partial charge is 0.234 e. The first-order valence-corrected chi connectivity index (χ1v) is 9.97. The van der Waals surface area contributed by atoms with Crippen LogP contribution in [-0.2, 0) is 4.79 Å². The van der Waals surface area contributed by atoms with Gasteiger partial charge in [0.15, 0.2) is 4.34 Å². The van der Waals surface area contributed by atoms with Crippen LogP contribution in [0.4, 0.5) is 5.69 Å². The molecule has 0 fully saturated rings. The van der Waals surface area contributed by atoms with E-state index in [9.17, 15) is 4.79 Å². The second-order valence-electron chi connectivity index (χ2n) is 5.67. The Labute approximate surface area is 160 Å². The highest BCUT2D eigenvalue weighted by Crippen LogP contribution is 2.28. The summed E-state index contributed by atoms with van der Waals surface area (Å²) in [5.41, 5.74) is 4.95. The summed E-state index contributed by atoms with van der Waals surface area (Å²) in [4.78, 5) is 16.7. The first kappa shape index (κ1) is 18.0. The third-order valence-corrected chi connectivity index (χ3v) is 6.04. The number of benzene rings is 2. The van der Waals surface area contributed by atoms with E-state index in [2.05, 4.69) is 41.5 Å². The number of aryl methyl sites for hydroxylation is 2. The predicted molar refractivity (Wildman–Crippen MR) is 108 cm³/mol. The Kier molecular flexibility index (Phi) is 5.78. The molecule has 25 heavy (non-hydrogen) atoms. The SMILES string of the molecule is Cc1ccc(-c2csc(SCC(=O)Nc3ccc(C)c(Cl)c3)n2)cc1. The lowest BCUT2D eigenvalue weighted by Gasteiger charge is -2.06. The summed E-state index contributed by atoms with van der Waals surface area (Å²) in [6.07, 6.45) is 0. The number of thioether (sulfide) groups is 1. The molecule has 1 amide bonds. The monoisotopic (exact) mass is 388 g/mol. The number of hydrogen-bond donors (Lipinski definition) is 1. The molecule has 3 aromatic rings. The number of anilines is 1. The van der Waals surface area contributed by atoms with Crippen molar-refractivity contribution in [2.75, 3.05) is 11.1 Å². The Morgan fingerprint density at radius 1 is 1.20 bits per heavy atom. The van der Waals surface area contributed by atoms with Crippen LogP contribution in [0.1, 0.15) is 11.1 Å². The highest BCUT2D eigenvalue weighted by molar-refractivity contribution is 8.01. The van der Waals surface area contributed by atoms with E-state index >= 15 is 0 Å². The molecule has 0 aliphatic heterocycles.